The summed E-state index contributed by atoms with van der Waals surface area (Å²) in [6.45, 7) is 2.42. The normalized spacial score (nSPS) is 13.1. The summed E-state index contributed by atoms with van der Waals surface area (Å²) in [5.74, 6) is 0.986. The molecule has 0 fully saturated rings. The molecule has 1 heterocycles. The number of nitriles is 1. The number of aryl methyl sites for hydroxylation is 1. The molecule has 0 radical (unpaired) electrons. The first-order chi connectivity index (χ1) is 6.74. The smallest absolute Gasteiger partial charge is 0.140 e. The molecule has 14 heavy (non-hydrogen) atoms. The summed E-state index contributed by atoms with van der Waals surface area (Å²) in [6.07, 6.45) is 0.724. The lowest BCUT2D eigenvalue weighted by Gasteiger charge is -2.08. The standard InChI is InChI=1S/C10H9NO2S/c1-6-4-8(14-5-11)10-7(9(6)12)2-3-13-10/h4,12H,2-3H2,1H3. The van der Waals surface area contributed by atoms with Crippen LogP contribution in [0.2, 0.25) is 0 Å². The fraction of sp³-hybridized carbons (Fsp3) is 0.300. The maximum Gasteiger partial charge on any atom is 0.140 e. The van der Waals surface area contributed by atoms with Gasteiger partial charge < -0.3 is 9.84 Å². The first-order valence-corrected chi connectivity index (χ1v) is 5.10. The molecule has 0 aliphatic carbocycles. The number of hydrogen-bond donors (Lipinski definition) is 1. The molecule has 1 aliphatic heterocycles. The maximum atomic E-state index is 9.74. The Bertz CT molecular complexity index is 423. The first kappa shape index (κ1) is 9.22. The molecule has 72 valence electrons. The maximum absolute atomic E-state index is 9.74. The third-order valence-corrected chi connectivity index (χ3v) is 2.87. The lowest BCUT2D eigenvalue weighted by Crippen LogP contribution is -1.87. The Balaban J connectivity index is 2.59. The van der Waals surface area contributed by atoms with Gasteiger partial charge in [-0.2, -0.15) is 5.26 Å². The fourth-order valence-electron chi connectivity index (χ4n) is 1.60. The van der Waals surface area contributed by atoms with Crippen molar-refractivity contribution in [1.82, 2.24) is 0 Å². The van der Waals surface area contributed by atoms with Gasteiger partial charge in [-0.25, -0.2) is 0 Å². The van der Waals surface area contributed by atoms with E-state index in [0.29, 0.717) is 18.1 Å². The second kappa shape index (κ2) is 3.43. The highest BCUT2D eigenvalue weighted by molar-refractivity contribution is 8.03. The minimum absolute atomic E-state index is 0.305. The van der Waals surface area contributed by atoms with Crippen molar-refractivity contribution in [3.05, 3.63) is 17.2 Å². The Morgan fingerprint density at radius 1 is 1.64 bits per heavy atom. The average Bonchev–Trinajstić information content (AvgIpc) is 2.63. The van der Waals surface area contributed by atoms with E-state index >= 15 is 0 Å². The highest BCUT2D eigenvalue weighted by atomic mass is 32.2. The molecule has 1 aromatic carbocycles. The summed E-state index contributed by atoms with van der Waals surface area (Å²) >= 11 is 1.07. The zero-order valence-electron chi connectivity index (χ0n) is 7.70. The van der Waals surface area contributed by atoms with E-state index < -0.39 is 0 Å². The second-order valence-electron chi connectivity index (χ2n) is 3.14. The minimum atomic E-state index is 0.305. The van der Waals surface area contributed by atoms with E-state index in [-0.39, 0.29) is 0 Å². The average molecular weight is 207 g/mol. The van der Waals surface area contributed by atoms with Crippen molar-refractivity contribution in [3.63, 3.8) is 0 Å². The van der Waals surface area contributed by atoms with Crippen LogP contribution in [0, 0.1) is 17.6 Å². The van der Waals surface area contributed by atoms with Crippen LogP contribution in [0.15, 0.2) is 11.0 Å². The van der Waals surface area contributed by atoms with Crippen molar-refractivity contribution in [1.29, 1.82) is 5.26 Å². The predicted octanol–water partition coefficient (Wildman–Crippen LogP) is 2.21. The minimum Gasteiger partial charge on any atom is -0.507 e. The molecule has 0 saturated heterocycles. The van der Waals surface area contributed by atoms with Crippen molar-refractivity contribution < 1.29 is 9.84 Å². The predicted molar refractivity (Wildman–Crippen MR) is 53.5 cm³/mol. The van der Waals surface area contributed by atoms with Crippen LogP contribution in [-0.2, 0) is 6.42 Å². The van der Waals surface area contributed by atoms with Gasteiger partial charge in [0.25, 0.3) is 0 Å². The summed E-state index contributed by atoms with van der Waals surface area (Å²) in [5.41, 5.74) is 1.63. The Kier molecular flexibility index (Phi) is 2.26. The van der Waals surface area contributed by atoms with Gasteiger partial charge >= 0.3 is 0 Å². The van der Waals surface area contributed by atoms with Crippen LogP contribution in [0.3, 0.4) is 0 Å². The first-order valence-electron chi connectivity index (χ1n) is 4.28. The highest BCUT2D eigenvalue weighted by Crippen LogP contribution is 2.42. The molecule has 1 N–H and O–H groups in total. The monoisotopic (exact) mass is 207 g/mol. The lowest BCUT2D eigenvalue weighted by atomic mass is 10.1. The van der Waals surface area contributed by atoms with Gasteiger partial charge in [0.15, 0.2) is 0 Å². The number of phenolic OH excluding ortho intramolecular Hbond substituents is 1. The second-order valence-corrected chi connectivity index (χ2v) is 3.97. The van der Waals surface area contributed by atoms with E-state index in [4.69, 9.17) is 10.00 Å². The molecule has 1 aliphatic rings. The van der Waals surface area contributed by atoms with Gasteiger partial charge in [-0.1, -0.05) is 0 Å². The number of thioether (sulfide) groups is 1. The van der Waals surface area contributed by atoms with Gasteiger partial charge in [0, 0.05) is 12.0 Å². The summed E-state index contributed by atoms with van der Waals surface area (Å²) in [5, 5.41) is 20.4. The Morgan fingerprint density at radius 2 is 2.43 bits per heavy atom. The van der Waals surface area contributed by atoms with Crippen LogP contribution in [0.5, 0.6) is 11.5 Å². The van der Waals surface area contributed by atoms with Crippen LogP contribution in [-0.4, -0.2) is 11.7 Å². The molecule has 1 aromatic rings. The summed E-state index contributed by atoms with van der Waals surface area (Å²) in [6, 6.07) is 1.79. The molecular weight excluding hydrogens is 198 g/mol. The molecule has 4 heteroatoms. The van der Waals surface area contributed by atoms with Gasteiger partial charge in [0.1, 0.15) is 16.9 Å². The third kappa shape index (κ3) is 1.30. The summed E-state index contributed by atoms with van der Waals surface area (Å²) in [4.78, 5) is 0.801. The molecule has 2 rings (SSSR count). The van der Waals surface area contributed by atoms with Crippen molar-refractivity contribution in [2.45, 2.75) is 18.2 Å². The number of thiocyanates is 1. The number of ether oxygens (including phenoxy) is 1. The zero-order chi connectivity index (χ0) is 10.1. The SMILES string of the molecule is Cc1cc(SC#N)c2c(c1O)CCO2. The number of phenols is 1. The van der Waals surface area contributed by atoms with Crippen molar-refractivity contribution >= 4 is 11.8 Å². The van der Waals surface area contributed by atoms with E-state index in [0.717, 1.165) is 34.2 Å². The molecule has 0 amide bonds. The largest absolute Gasteiger partial charge is 0.507 e. The highest BCUT2D eigenvalue weighted by Gasteiger charge is 2.22. The topological polar surface area (TPSA) is 53.2 Å². The summed E-state index contributed by atoms with van der Waals surface area (Å²) in [7, 11) is 0. The van der Waals surface area contributed by atoms with Gasteiger partial charge in [0.05, 0.1) is 11.5 Å². The fourth-order valence-corrected chi connectivity index (χ4v) is 2.20. The number of hydrogen-bond acceptors (Lipinski definition) is 4. The van der Waals surface area contributed by atoms with Crippen LogP contribution in [0.1, 0.15) is 11.1 Å². The van der Waals surface area contributed by atoms with Crippen LogP contribution < -0.4 is 4.74 Å². The molecule has 0 saturated carbocycles. The molecule has 0 atom stereocenters. The molecule has 3 nitrogen and oxygen atoms in total. The van der Waals surface area contributed by atoms with Crippen LogP contribution in [0.25, 0.3) is 0 Å². The van der Waals surface area contributed by atoms with E-state index in [1.54, 1.807) is 6.07 Å². The summed E-state index contributed by atoms with van der Waals surface area (Å²) < 4.78 is 5.39. The van der Waals surface area contributed by atoms with Crippen LogP contribution >= 0.6 is 11.8 Å². The molecule has 0 unspecified atom stereocenters. The molecule has 0 spiro atoms. The van der Waals surface area contributed by atoms with E-state index in [1.807, 2.05) is 12.3 Å². The number of fused-ring (bicyclic) bond motifs is 1. The quantitative estimate of drug-likeness (QED) is 0.566. The lowest BCUT2D eigenvalue weighted by molar-refractivity contribution is 0.349. The van der Waals surface area contributed by atoms with Crippen molar-refractivity contribution in [3.8, 4) is 16.9 Å². The van der Waals surface area contributed by atoms with Gasteiger partial charge in [0.2, 0.25) is 0 Å². The third-order valence-electron chi connectivity index (χ3n) is 2.26. The zero-order valence-corrected chi connectivity index (χ0v) is 8.52. The van der Waals surface area contributed by atoms with Crippen LogP contribution in [0.4, 0.5) is 0 Å². The molecule has 0 bridgehead atoms. The van der Waals surface area contributed by atoms with Crippen molar-refractivity contribution in [2.24, 2.45) is 0 Å². The van der Waals surface area contributed by atoms with Crippen molar-refractivity contribution in [2.75, 3.05) is 6.61 Å². The number of benzene rings is 1. The van der Waals surface area contributed by atoms with Gasteiger partial charge in [-0.3, -0.25) is 0 Å². The van der Waals surface area contributed by atoms with E-state index in [1.165, 1.54) is 0 Å². The number of aromatic hydroxyl groups is 1. The molecular formula is C10H9NO2S. The number of nitrogens with zero attached hydrogens (tertiary/aromatic N) is 1. The Morgan fingerprint density at radius 3 is 3.14 bits per heavy atom. The Hall–Kier alpha value is -1.34. The molecule has 0 aromatic heterocycles. The van der Waals surface area contributed by atoms with Gasteiger partial charge in [-0.15, -0.1) is 0 Å². The van der Waals surface area contributed by atoms with E-state index in [2.05, 4.69) is 0 Å². The van der Waals surface area contributed by atoms with E-state index in [9.17, 15) is 5.11 Å². The van der Waals surface area contributed by atoms with Gasteiger partial charge in [-0.05, 0) is 30.3 Å². The number of rotatable bonds is 1. The Labute approximate surface area is 86.3 Å².